The molecule has 1 aliphatic rings. The van der Waals surface area contributed by atoms with Crippen LogP contribution in [0.4, 0.5) is 5.00 Å². The first kappa shape index (κ1) is 19.6. The van der Waals surface area contributed by atoms with Crippen molar-refractivity contribution in [3.63, 3.8) is 0 Å². The molecule has 0 fully saturated rings. The number of anilines is 1. The number of nitrogens with zero attached hydrogens (tertiary/aromatic N) is 1. The van der Waals surface area contributed by atoms with Crippen LogP contribution in [0.15, 0.2) is 18.2 Å². The maximum atomic E-state index is 5.43. The molecule has 3 rings (SSSR count). The van der Waals surface area contributed by atoms with Gasteiger partial charge in [-0.25, -0.2) is 4.98 Å². The molecule has 0 spiro atoms. The Bertz CT molecular complexity index is 651. The summed E-state index contributed by atoms with van der Waals surface area (Å²) in [4.78, 5) is 4.66. The van der Waals surface area contributed by atoms with E-state index in [1.165, 1.54) is 10.7 Å². The number of rotatable bonds is 4. The number of hydrogen-bond acceptors (Lipinski definition) is 5. The van der Waals surface area contributed by atoms with E-state index in [9.17, 15) is 0 Å². The Morgan fingerprint density at radius 3 is 2.70 bits per heavy atom. The molecule has 0 atom stereocenters. The summed E-state index contributed by atoms with van der Waals surface area (Å²) in [6, 6.07) is 5.85. The van der Waals surface area contributed by atoms with Crippen LogP contribution in [-0.4, -0.2) is 25.7 Å². The van der Waals surface area contributed by atoms with E-state index >= 15 is 0 Å². The summed E-state index contributed by atoms with van der Waals surface area (Å²) in [6.45, 7) is 1.04. The number of halogens is 2. The van der Waals surface area contributed by atoms with Crippen LogP contribution in [0.3, 0.4) is 0 Å². The van der Waals surface area contributed by atoms with Gasteiger partial charge in [-0.3, -0.25) is 0 Å². The number of ether oxygens (including phenoxy) is 2. The second kappa shape index (κ2) is 9.01. The van der Waals surface area contributed by atoms with Crippen LogP contribution >= 0.6 is 36.2 Å². The molecule has 0 saturated heterocycles. The number of thiazole rings is 1. The van der Waals surface area contributed by atoms with Crippen LogP contribution in [0.25, 0.3) is 12.2 Å². The third-order valence-corrected chi connectivity index (χ3v) is 4.45. The van der Waals surface area contributed by atoms with Gasteiger partial charge in [-0.15, -0.1) is 24.8 Å². The number of nitrogens with one attached hydrogen (secondary N) is 1. The molecule has 2 heterocycles. The Morgan fingerprint density at radius 2 is 2.00 bits per heavy atom. The molecule has 7 heteroatoms. The van der Waals surface area contributed by atoms with Gasteiger partial charge in [-0.2, -0.15) is 0 Å². The van der Waals surface area contributed by atoms with E-state index in [0.717, 1.165) is 41.5 Å². The predicted octanol–water partition coefficient (Wildman–Crippen LogP) is 4.53. The number of fused-ring (bicyclic) bond motifs is 1. The molecule has 23 heavy (non-hydrogen) atoms. The molecular formula is C16H20Cl2N2O2S. The molecular weight excluding hydrogens is 355 g/mol. The third-order valence-electron chi connectivity index (χ3n) is 3.43. The normalized spacial score (nSPS) is 12.6. The summed E-state index contributed by atoms with van der Waals surface area (Å²) in [6.07, 6.45) is 6.27. The lowest BCUT2D eigenvalue weighted by Crippen LogP contribution is -2.09. The molecule has 0 unspecified atom stereocenters. The van der Waals surface area contributed by atoms with Gasteiger partial charge in [-0.1, -0.05) is 23.5 Å². The van der Waals surface area contributed by atoms with Gasteiger partial charge >= 0.3 is 0 Å². The fraction of sp³-hybridized carbons (Fsp3) is 0.312. The standard InChI is InChI=1S/C16H18N2O2S.2ClH/c1-19-13-7-3-5-11(15(13)20-2)8-9-14-18-12-6-4-10-17-16(12)21-14;;/h3,5,7-9,17H,4,6,10H2,1-2H3;2*1H/b9-8+;;. The van der Waals surface area contributed by atoms with E-state index in [1.54, 1.807) is 25.6 Å². The van der Waals surface area contributed by atoms with E-state index in [0.29, 0.717) is 0 Å². The molecule has 4 nitrogen and oxygen atoms in total. The second-order valence-corrected chi connectivity index (χ2v) is 5.80. The van der Waals surface area contributed by atoms with Crippen molar-refractivity contribution in [1.29, 1.82) is 0 Å². The molecule has 0 amide bonds. The van der Waals surface area contributed by atoms with Gasteiger partial charge < -0.3 is 14.8 Å². The van der Waals surface area contributed by atoms with E-state index in [2.05, 4.69) is 10.3 Å². The average Bonchev–Trinajstić information content (AvgIpc) is 2.95. The van der Waals surface area contributed by atoms with Crippen molar-refractivity contribution in [2.45, 2.75) is 12.8 Å². The fourth-order valence-corrected chi connectivity index (χ4v) is 3.35. The Balaban J connectivity index is 0.00000132. The maximum Gasteiger partial charge on any atom is 0.167 e. The zero-order valence-corrected chi connectivity index (χ0v) is 15.4. The predicted molar refractivity (Wildman–Crippen MR) is 102 cm³/mol. The second-order valence-electron chi connectivity index (χ2n) is 4.77. The highest BCUT2D eigenvalue weighted by Crippen LogP contribution is 2.33. The molecule has 1 aromatic heterocycles. The number of para-hydroxylation sites is 1. The smallest absolute Gasteiger partial charge is 0.167 e. The number of aromatic nitrogens is 1. The highest BCUT2D eigenvalue weighted by molar-refractivity contribution is 7.16. The number of aryl methyl sites for hydroxylation is 1. The van der Waals surface area contributed by atoms with Crippen LogP contribution in [0.2, 0.25) is 0 Å². The van der Waals surface area contributed by atoms with Crippen LogP contribution in [-0.2, 0) is 6.42 Å². The highest BCUT2D eigenvalue weighted by Gasteiger charge is 2.13. The van der Waals surface area contributed by atoms with Crippen molar-refractivity contribution in [3.05, 3.63) is 34.5 Å². The van der Waals surface area contributed by atoms with Crippen molar-refractivity contribution in [1.82, 2.24) is 4.98 Å². The zero-order valence-electron chi connectivity index (χ0n) is 13.0. The van der Waals surface area contributed by atoms with Gasteiger partial charge in [0.2, 0.25) is 0 Å². The minimum atomic E-state index is 0. The lowest BCUT2D eigenvalue weighted by atomic mass is 10.1. The van der Waals surface area contributed by atoms with E-state index in [-0.39, 0.29) is 24.8 Å². The van der Waals surface area contributed by atoms with Crippen LogP contribution in [0.1, 0.15) is 22.7 Å². The minimum absolute atomic E-state index is 0. The quantitative estimate of drug-likeness (QED) is 0.853. The Morgan fingerprint density at radius 1 is 1.17 bits per heavy atom. The summed E-state index contributed by atoms with van der Waals surface area (Å²) in [7, 11) is 3.30. The molecule has 1 N–H and O–H groups in total. The molecule has 1 aromatic carbocycles. The number of hydrogen-bond donors (Lipinski definition) is 1. The van der Waals surface area contributed by atoms with Crippen molar-refractivity contribution in [2.24, 2.45) is 0 Å². The van der Waals surface area contributed by atoms with E-state index in [4.69, 9.17) is 9.47 Å². The molecule has 0 radical (unpaired) electrons. The maximum absolute atomic E-state index is 5.43. The van der Waals surface area contributed by atoms with Crippen LogP contribution in [0.5, 0.6) is 11.5 Å². The van der Waals surface area contributed by atoms with Crippen molar-refractivity contribution >= 4 is 53.3 Å². The van der Waals surface area contributed by atoms with E-state index < -0.39 is 0 Å². The SMILES string of the molecule is COc1cccc(/C=C/c2nc3c(s2)NCCC3)c1OC.Cl.Cl. The average molecular weight is 375 g/mol. The van der Waals surface area contributed by atoms with Gasteiger partial charge in [0, 0.05) is 12.1 Å². The van der Waals surface area contributed by atoms with Gasteiger partial charge in [0.05, 0.1) is 19.9 Å². The first-order valence-electron chi connectivity index (χ1n) is 6.94. The summed E-state index contributed by atoms with van der Waals surface area (Å²) >= 11 is 1.70. The molecule has 2 aromatic rings. The highest BCUT2D eigenvalue weighted by atomic mass is 35.5. The first-order chi connectivity index (χ1) is 10.3. The molecule has 126 valence electrons. The van der Waals surface area contributed by atoms with Crippen molar-refractivity contribution < 1.29 is 9.47 Å². The number of benzene rings is 1. The van der Waals surface area contributed by atoms with Gasteiger partial charge in [-0.05, 0) is 31.1 Å². The molecule has 0 aliphatic carbocycles. The monoisotopic (exact) mass is 374 g/mol. The summed E-state index contributed by atoms with van der Waals surface area (Å²) in [5.41, 5.74) is 2.17. The van der Waals surface area contributed by atoms with Gasteiger partial charge in [0.1, 0.15) is 10.0 Å². The van der Waals surface area contributed by atoms with Crippen molar-refractivity contribution in [2.75, 3.05) is 26.1 Å². The van der Waals surface area contributed by atoms with Gasteiger partial charge in [0.25, 0.3) is 0 Å². The van der Waals surface area contributed by atoms with Crippen LogP contribution < -0.4 is 14.8 Å². The molecule has 0 saturated carbocycles. The largest absolute Gasteiger partial charge is 0.493 e. The summed E-state index contributed by atoms with van der Waals surface area (Å²) in [5, 5.41) is 5.62. The summed E-state index contributed by atoms with van der Waals surface area (Å²) < 4.78 is 10.7. The van der Waals surface area contributed by atoms with E-state index in [1.807, 2.05) is 30.4 Å². The Hall–Kier alpha value is -1.43. The minimum Gasteiger partial charge on any atom is -0.493 e. The van der Waals surface area contributed by atoms with Gasteiger partial charge in [0.15, 0.2) is 11.5 Å². The topological polar surface area (TPSA) is 43.4 Å². The molecule has 1 aliphatic heterocycles. The Labute approximate surface area is 152 Å². The van der Waals surface area contributed by atoms with Crippen molar-refractivity contribution in [3.8, 4) is 11.5 Å². The first-order valence-corrected chi connectivity index (χ1v) is 7.76. The third kappa shape index (κ3) is 4.31. The zero-order chi connectivity index (χ0) is 14.7. The Kier molecular flexibility index (Phi) is 7.68. The lowest BCUT2D eigenvalue weighted by molar-refractivity contribution is 0.354. The fourth-order valence-electron chi connectivity index (χ4n) is 2.41. The van der Waals surface area contributed by atoms with Crippen LogP contribution in [0, 0.1) is 0 Å². The number of methoxy groups -OCH3 is 2. The summed E-state index contributed by atoms with van der Waals surface area (Å²) in [5.74, 6) is 1.48. The molecule has 0 bridgehead atoms. The lowest BCUT2D eigenvalue weighted by Gasteiger charge is -2.10.